The van der Waals surface area contributed by atoms with Crippen LogP contribution >= 0.6 is 0 Å². The molecule has 2 heteroatoms. The van der Waals surface area contributed by atoms with E-state index in [1.165, 1.54) is 37.9 Å². The molecule has 0 N–H and O–H groups in total. The van der Waals surface area contributed by atoms with Gasteiger partial charge in [-0.15, -0.1) is 13.2 Å². The molecule has 2 atom stereocenters. The molecule has 1 aliphatic heterocycles. The van der Waals surface area contributed by atoms with Gasteiger partial charge in [0.1, 0.15) is 0 Å². The molecule has 2 nitrogen and oxygen atoms in total. The van der Waals surface area contributed by atoms with Crippen molar-refractivity contribution in [1.29, 1.82) is 0 Å². The third-order valence-corrected chi connectivity index (χ3v) is 4.93. The molecule has 1 heterocycles. The summed E-state index contributed by atoms with van der Waals surface area (Å²) in [5.41, 5.74) is 1.46. The van der Waals surface area contributed by atoms with E-state index < -0.39 is 0 Å². The van der Waals surface area contributed by atoms with E-state index in [0.29, 0.717) is 12.1 Å². The van der Waals surface area contributed by atoms with Crippen LogP contribution in [0.1, 0.15) is 44.2 Å². The van der Waals surface area contributed by atoms with Gasteiger partial charge in [0.15, 0.2) is 0 Å². The molecular weight excluding hydrogens is 280 g/mol. The third kappa shape index (κ3) is 5.33. The van der Waals surface area contributed by atoms with Crippen molar-refractivity contribution in [2.75, 3.05) is 26.2 Å². The second kappa shape index (κ2) is 9.69. The van der Waals surface area contributed by atoms with Gasteiger partial charge in [-0.3, -0.25) is 9.80 Å². The SMILES string of the molecule is C=CCN(CC=C)[C@H](C)C[C@H](c1ccccc1)N1CCCCC1. The van der Waals surface area contributed by atoms with Crippen molar-refractivity contribution >= 4 is 0 Å². The molecule has 126 valence electrons. The van der Waals surface area contributed by atoms with E-state index in [2.05, 4.69) is 60.2 Å². The summed E-state index contributed by atoms with van der Waals surface area (Å²) in [4.78, 5) is 5.15. The molecule has 2 rings (SSSR count). The molecule has 0 bridgehead atoms. The molecule has 1 fully saturated rings. The Hall–Kier alpha value is -1.38. The lowest BCUT2D eigenvalue weighted by Crippen LogP contribution is -2.40. The second-order valence-electron chi connectivity index (χ2n) is 6.64. The number of nitrogens with zero attached hydrogens (tertiary/aromatic N) is 2. The largest absolute Gasteiger partial charge is 0.296 e. The highest BCUT2D eigenvalue weighted by atomic mass is 15.2. The lowest BCUT2D eigenvalue weighted by Gasteiger charge is -2.38. The lowest BCUT2D eigenvalue weighted by molar-refractivity contribution is 0.122. The first-order valence-electron chi connectivity index (χ1n) is 9.01. The van der Waals surface area contributed by atoms with Gasteiger partial charge >= 0.3 is 0 Å². The quantitative estimate of drug-likeness (QED) is 0.612. The molecule has 0 amide bonds. The number of rotatable bonds is 9. The Balaban J connectivity index is 2.12. The smallest absolute Gasteiger partial charge is 0.0362 e. The Morgan fingerprint density at radius 3 is 2.22 bits per heavy atom. The third-order valence-electron chi connectivity index (χ3n) is 4.93. The van der Waals surface area contributed by atoms with Crippen LogP contribution in [0.4, 0.5) is 0 Å². The maximum absolute atomic E-state index is 3.91. The summed E-state index contributed by atoms with van der Waals surface area (Å²) in [5.74, 6) is 0. The number of piperidine rings is 1. The summed E-state index contributed by atoms with van der Waals surface area (Å²) in [6, 6.07) is 12.1. The number of likely N-dealkylation sites (tertiary alicyclic amines) is 1. The molecule has 0 aliphatic carbocycles. The van der Waals surface area contributed by atoms with Gasteiger partial charge in [0, 0.05) is 25.2 Å². The molecule has 1 aromatic rings. The highest BCUT2D eigenvalue weighted by molar-refractivity contribution is 5.19. The second-order valence-corrected chi connectivity index (χ2v) is 6.64. The first-order chi connectivity index (χ1) is 11.3. The van der Waals surface area contributed by atoms with Crippen LogP contribution in [0, 0.1) is 0 Å². The van der Waals surface area contributed by atoms with Crippen molar-refractivity contribution in [3.05, 3.63) is 61.2 Å². The minimum Gasteiger partial charge on any atom is -0.296 e. The molecular formula is C21H32N2. The van der Waals surface area contributed by atoms with Crippen molar-refractivity contribution in [1.82, 2.24) is 9.80 Å². The van der Waals surface area contributed by atoms with Gasteiger partial charge in [0.05, 0.1) is 0 Å². The fourth-order valence-electron chi connectivity index (χ4n) is 3.64. The van der Waals surface area contributed by atoms with E-state index in [-0.39, 0.29) is 0 Å². The van der Waals surface area contributed by atoms with Gasteiger partial charge < -0.3 is 0 Å². The Morgan fingerprint density at radius 1 is 1.04 bits per heavy atom. The molecule has 1 saturated heterocycles. The van der Waals surface area contributed by atoms with E-state index in [9.17, 15) is 0 Å². The average Bonchev–Trinajstić information content (AvgIpc) is 2.61. The van der Waals surface area contributed by atoms with Gasteiger partial charge in [-0.25, -0.2) is 0 Å². The highest BCUT2D eigenvalue weighted by Gasteiger charge is 2.25. The van der Waals surface area contributed by atoms with Crippen LogP contribution < -0.4 is 0 Å². The maximum Gasteiger partial charge on any atom is 0.0362 e. The van der Waals surface area contributed by atoms with Gasteiger partial charge in [-0.2, -0.15) is 0 Å². The van der Waals surface area contributed by atoms with E-state index in [1.807, 2.05) is 12.2 Å². The Labute approximate surface area is 142 Å². The van der Waals surface area contributed by atoms with Gasteiger partial charge in [-0.05, 0) is 44.8 Å². The summed E-state index contributed by atoms with van der Waals surface area (Å²) in [6.45, 7) is 14.5. The molecule has 23 heavy (non-hydrogen) atoms. The van der Waals surface area contributed by atoms with Crippen LogP contribution in [0.3, 0.4) is 0 Å². The topological polar surface area (TPSA) is 6.48 Å². The van der Waals surface area contributed by atoms with Crippen LogP contribution in [-0.2, 0) is 0 Å². The summed E-state index contributed by atoms with van der Waals surface area (Å²) in [6.07, 6.45) is 9.20. The highest BCUT2D eigenvalue weighted by Crippen LogP contribution is 2.29. The predicted octanol–water partition coefficient (Wildman–Crippen LogP) is 4.67. The maximum atomic E-state index is 3.91. The van der Waals surface area contributed by atoms with Crippen molar-refractivity contribution in [3.8, 4) is 0 Å². The summed E-state index contributed by atoms with van der Waals surface area (Å²) in [5, 5.41) is 0. The average molecular weight is 313 g/mol. The number of hydrogen-bond donors (Lipinski definition) is 0. The standard InChI is InChI=1S/C21H32N2/c1-4-14-22(15-5-2)19(3)18-21(20-12-8-6-9-13-20)23-16-10-7-11-17-23/h4-6,8-9,12-13,19,21H,1-2,7,10-11,14-18H2,3H3/t19-,21-/m1/s1. The molecule has 0 aromatic heterocycles. The summed E-state index contributed by atoms with van der Waals surface area (Å²) >= 11 is 0. The molecule has 1 aromatic carbocycles. The molecule has 0 spiro atoms. The van der Waals surface area contributed by atoms with Gasteiger partial charge in [-0.1, -0.05) is 48.9 Å². The van der Waals surface area contributed by atoms with E-state index in [4.69, 9.17) is 0 Å². The minimum atomic E-state index is 0.512. The molecule has 1 aliphatic rings. The number of benzene rings is 1. The Morgan fingerprint density at radius 2 is 1.65 bits per heavy atom. The fraction of sp³-hybridized carbons (Fsp3) is 0.524. The van der Waals surface area contributed by atoms with Crippen LogP contribution in [0.2, 0.25) is 0 Å². The fourth-order valence-corrected chi connectivity index (χ4v) is 3.64. The summed E-state index contributed by atoms with van der Waals surface area (Å²) in [7, 11) is 0. The van der Waals surface area contributed by atoms with Crippen molar-refractivity contribution in [3.63, 3.8) is 0 Å². The lowest BCUT2D eigenvalue weighted by atomic mass is 9.95. The zero-order valence-electron chi connectivity index (χ0n) is 14.7. The van der Waals surface area contributed by atoms with Crippen LogP contribution in [-0.4, -0.2) is 42.0 Å². The van der Waals surface area contributed by atoms with Crippen molar-refractivity contribution in [2.45, 2.75) is 44.7 Å². The van der Waals surface area contributed by atoms with Gasteiger partial charge in [0.25, 0.3) is 0 Å². The zero-order chi connectivity index (χ0) is 16.5. The number of hydrogen-bond acceptors (Lipinski definition) is 2. The zero-order valence-corrected chi connectivity index (χ0v) is 14.7. The van der Waals surface area contributed by atoms with E-state index in [0.717, 1.165) is 19.5 Å². The monoisotopic (exact) mass is 312 g/mol. The van der Waals surface area contributed by atoms with Crippen LogP contribution in [0.25, 0.3) is 0 Å². The van der Waals surface area contributed by atoms with Crippen LogP contribution in [0.5, 0.6) is 0 Å². The first kappa shape index (κ1) is 18.0. The predicted molar refractivity (Wildman–Crippen MR) is 101 cm³/mol. The van der Waals surface area contributed by atoms with E-state index >= 15 is 0 Å². The molecule has 0 saturated carbocycles. The Bertz CT molecular complexity index is 452. The molecule has 0 radical (unpaired) electrons. The summed E-state index contributed by atoms with van der Waals surface area (Å²) < 4.78 is 0. The minimum absolute atomic E-state index is 0.512. The van der Waals surface area contributed by atoms with Crippen LogP contribution in [0.15, 0.2) is 55.6 Å². The first-order valence-corrected chi connectivity index (χ1v) is 9.01. The van der Waals surface area contributed by atoms with E-state index in [1.54, 1.807) is 0 Å². The molecule has 0 unspecified atom stereocenters. The Kier molecular flexibility index (Phi) is 7.57. The van der Waals surface area contributed by atoms with Crippen molar-refractivity contribution < 1.29 is 0 Å². The normalized spacial score (nSPS) is 18.5. The van der Waals surface area contributed by atoms with Crippen molar-refractivity contribution in [2.24, 2.45) is 0 Å². The van der Waals surface area contributed by atoms with Gasteiger partial charge in [0.2, 0.25) is 0 Å².